The van der Waals surface area contributed by atoms with Crippen molar-refractivity contribution >= 4 is 51.3 Å². The van der Waals surface area contributed by atoms with Crippen molar-refractivity contribution in [2.45, 2.75) is 66.4 Å². The molecular weight excluding hydrogens is 648 g/mol. The number of likely N-dealkylation sites (tertiary alicyclic amines) is 1. The van der Waals surface area contributed by atoms with Gasteiger partial charge < -0.3 is 4.74 Å². The van der Waals surface area contributed by atoms with Crippen LogP contribution in [0.15, 0.2) is 42.6 Å². The zero-order valence-corrected chi connectivity index (χ0v) is 24.1. The molecule has 4 nitrogen and oxygen atoms in total. The third-order valence-electron chi connectivity index (χ3n) is 10.1. The maximum absolute atomic E-state index is 5.80. The number of nitrogens with zero attached hydrogens (tertiary/aromatic N) is 3. The minimum atomic E-state index is 0.243. The van der Waals surface area contributed by atoms with E-state index in [0.717, 1.165) is 17.5 Å². The lowest BCUT2D eigenvalue weighted by Gasteiger charge is -2.66. The first-order valence-electron chi connectivity index (χ1n) is 13.0. The summed E-state index contributed by atoms with van der Waals surface area (Å²) in [7, 11) is 1.83. The molecule has 0 N–H and O–H groups in total. The second-order valence-electron chi connectivity index (χ2n) is 11.4. The summed E-state index contributed by atoms with van der Waals surface area (Å²) in [5, 5.41) is 0. The maximum Gasteiger partial charge on any atom is 0.137 e. The zero-order valence-electron chi connectivity index (χ0n) is 19.8. The smallest absolute Gasteiger partial charge is 0.137 e. The average Bonchev–Trinajstić information content (AvgIpc) is 3.66. The fourth-order valence-electron chi connectivity index (χ4n) is 8.76. The van der Waals surface area contributed by atoms with Gasteiger partial charge in [0.1, 0.15) is 11.6 Å². The number of alkyl halides is 1. The van der Waals surface area contributed by atoms with E-state index in [-0.39, 0.29) is 5.41 Å². The van der Waals surface area contributed by atoms with E-state index in [9.17, 15) is 0 Å². The topological polar surface area (TPSA) is 28.6 Å². The highest BCUT2D eigenvalue weighted by Crippen LogP contribution is 2.74. The summed E-state index contributed by atoms with van der Waals surface area (Å²) >= 11 is 5.43. The van der Waals surface area contributed by atoms with Gasteiger partial charge in [0.05, 0.1) is 30.0 Å². The molecule has 1 aliphatic heterocycles. The molecule has 180 valence electrons. The maximum atomic E-state index is 5.80. The van der Waals surface area contributed by atoms with Crippen molar-refractivity contribution in [3.05, 3.63) is 53.7 Å². The van der Waals surface area contributed by atoms with E-state index < -0.39 is 0 Å². The van der Waals surface area contributed by atoms with Crippen LogP contribution in [-0.2, 0) is 11.8 Å². The van der Waals surface area contributed by atoms with Crippen LogP contribution in [0.2, 0.25) is 0 Å². The molecule has 0 amide bonds. The van der Waals surface area contributed by atoms with Crippen LogP contribution in [0.3, 0.4) is 0 Å². The molecule has 5 unspecified atom stereocenters. The molecule has 1 saturated heterocycles. The van der Waals surface area contributed by atoms with Gasteiger partial charge in [0, 0.05) is 40.1 Å². The van der Waals surface area contributed by atoms with E-state index >= 15 is 0 Å². The number of benzene rings is 1. The molecular formula is C28H33I2N3O. The van der Waals surface area contributed by atoms with Crippen LogP contribution in [0.25, 0.3) is 0 Å². The van der Waals surface area contributed by atoms with Gasteiger partial charge in [-0.05, 0) is 98.2 Å². The Morgan fingerprint density at radius 1 is 1.18 bits per heavy atom. The van der Waals surface area contributed by atoms with E-state index in [1.54, 1.807) is 11.1 Å². The molecule has 7 rings (SSSR count). The Hall–Kier alpha value is -0.610. The number of hydrogen-bond donors (Lipinski definition) is 0. The summed E-state index contributed by atoms with van der Waals surface area (Å²) in [6.45, 7) is 2.59. The second kappa shape index (κ2) is 8.20. The van der Waals surface area contributed by atoms with Crippen molar-refractivity contribution in [1.29, 1.82) is 0 Å². The van der Waals surface area contributed by atoms with Gasteiger partial charge in [0.2, 0.25) is 0 Å². The molecule has 1 aromatic carbocycles. The van der Waals surface area contributed by atoms with Crippen LogP contribution in [0.1, 0.15) is 49.7 Å². The lowest BCUT2D eigenvalue weighted by Crippen LogP contribution is -2.70. The number of rotatable bonds is 5. The number of fused-ring (bicyclic) bond motifs is 1. The van der Waals surface area contributed by atoms with Gasteiger partial charge in [0.15, 0.2) is 0 Å². The molecule has 4 fully saturated rings. The van der Waals surface area contributed by atoms with E-state index in [4.69, 9.17) is 9.72 Å². The number of ether oxygens (including phenoxy) is 1. The van der Waals surface area contributed by atoms with E-state index in [1.807, 2.05) is 19.4 Å². The van der Waals surface area contributed by atoms with Crippen LogP contribution < -0.4 is 7.85 Å². The highest BCUT2D eigenvalue weighted by molar-refractivity contribution is 14.1. The summed E-state index contributed by atoms with van der Waals surface area (Å²) in [6.07, 6.45) is 11.3. The van der Waals surface area contributed by atoms with E-state index in [1.165, 1.54) is 58.0 Å². The van der Waals surface area contributed by atoms with Gasteiger partial charge in [-0.2, -0.15) is 0 Å². The molecule has 34 heavy (non-hydrogen) atoms. The van der Waals surface area contributed by atoms with E-state index in [2.05, 4.69) is 83.8 Å². The van der Waals surface area contributed by atoms with Gasteiger partial charge in [-0.3, -0.25) is 8.01 Å². The SMILES string of the molecule is COc1ccc2c(c1)C13CCN(CC4CC4)C(C2)C12CCC(N(I)c1ccccn1)C3[C@@H](I)C2. The molecule has 2 heterocycles. The molecule has 3 saturated carbocycles. The summed E-state index contributed by atoms with van der Waals surface area (Å²) in [5.41, 5.74) is 3.87. The molecule has 4 aliphatic carbocycles. The number of anilines is 1. The van der Waals surface area contributed by atoms with Crippen molar-refractivity contribution in [2.24, 2.45) is 17.3 Å². The van der Waals surface area contributed by atoms with Crippen molar-refractivity contribution < 1.29 is 4.74 Å². The van der Waals surface area contributed by atoms with Gasteiger partial charge in [-0.15, -0.1) is 0 Å². The third-order valence-corrected chi connectivity index (χ3v) is 12.6. The molecule has 5 aliphatic rings. The molecule has 0 spiro atoms. The Morgan fingerprint density at radius 3 is 2.82 bits per heavy atom. The first kappa shape index (κ1) is 22.6. The summed E-state index contributed by atoms with van der Waals surface area (Å²) < 4.78 is 8.99. The van der Waals surface area contributed by atoms with Crippen molar-refractivity contribution in [2.75, 3.05) is 23.3 Å². The third kappa shape index (κ3) is 3.06. The highest BCUT2D eigenvalue weighted by Gasteiger charge is 2.74. The Morgan fingerprint density at radius 2 is 2.06 bits per heavy atom. The predicted molar refractivity (Wildman–Crippen MR) is 153 cm³/mol. The highest BCUT2D eigenvalue weighted by atomic mass is 127. The molecule has 0 radical (unpaired) electrons. The minimum Gasteiger partial charge on any atom is -0.497 e. The normalized spacial score (nSPS) is 38.2. The summed E-state index contributed by atoms with van der Waals surface area (Å²) in [6, 6.07) is 14.6. The lowest BCUT2D eigenvalue weighted by atomic mass is 9.43. The summed E-state index contributed by atoms with van der Waals surface area (Å²) in [5.74, 6) is 3.73. The van der Waals surface area contributed by atoms with Gasteiger partial charge >= 0.3 is 0 Å². The monoisotopic (exact) mass is 681 g/mol. The largest absolute Gasteiger partial charge is 0.497 e. The van der Waals surface area contributed by atoms with Crippen LogP contribution in [-0.4, -0.2) is 46.1 Å². The number of piperidine rings is 1. The molecule has 6 heteroatoms. The van der Waals surface area contributed by atoms with Crippen molar-refractivity contribution in [1.82, 2.24) is 9.88 Å². The van der Waals surface area contributed by atoms with Gasteiger partial charge in [-0.1, -0.05) is 34.7 Å². The zero-order chi connectivity index (χ0) is 23.1. The lowest BCUT2D eigenvalue weighted by molar-refractivity contribution is -0.0916. The Labute approximate surface area is 230 Å². The molecule has 1 aromatic heterocycles. The Bertz CT molecular complexity index is 1090. The first-order chi connectivity index (χ1) is 16.6. The van der Waals surface area contributed by atoms with Crippen LogP contribution in [0.4, 0.5) is 5.82 Å². The predicted octanol–water partition coefficient (Wildman–Crippen LogP) is 6.20. The van der Waals surface area contributed by atoms with Crippen LogP contribution >= 0.6 is 45.5 Å². The fraction of sp³-hybridized carbons (Fsp3) is 0.607. The van der Waals surface area contributed by atoms with Crippen molar-refractivity contribution in [3.8, 4) is 5.75 Å². The Balaban J connectivity index is 1.38. The summed E-state index contributed by atoms with van der Waals surface area (Å²) in [4.78, 5) is 7.71. The molecule has 2 aromatic rings. The van der Waals surface area contributed by atoms with Gasteiger partial charge in [0.25, 0.3) is 0 Å². The van der Waals surface area contributed by atoms with Gasteiger partial charge in [-0.25, -0.2) is 4.98 Å². The quantitative estimate of drug-likeness (QED) is 0.214. The Kier molecular flexibility index (Phi) is 5.44. The first-order valence-corrected chi connectivity index (χ1v) is 15.2. The number of methoxy groups -OCH3 is 1. The fourth-order valence-corrected chi connectivity index (χ4v) is 11.6. The van der Waals surface area contributed by atoms with Crippen LogP contribution in [0, 0.1) is 17.3 Å². The second-order valence-corrected chi connectivity index (χ2v) is 14.0. The number of aromatic nitrogens is 1. The molecule has 4 bridgehead atoms. The van der Waals surface area contributed by atoms with Crippen molar-refractivity contribution in [3.63, 3.8) is 0 Å². The average molecular weight is 681 g/mol. The molecule has 6 atom stereocenters. The minimum absolute atomic E-state index is 0.243. The van der Waals surface area contributed by atoms with E-state index in [0.29, 0.717) is 27.3 Å². The standard InChI is InChI=1S/C28H33I2N3O/c1-34-20-8-7-19-14-24-27-10-9-23(33(30)25-4-2-3-12-31-25)26(22(29)16-27)28(27,21(19)15-20)11-13-32(24)17-18-5-6-18/h2-4,7-8,12,15,18,22-24,26H,5-6,9-11,13-14,16-17H2,1H3/t22-,23?,24?,26?,27?,28?/m0/s1. The van der Waals surface area contributed by atoms with Crippen LogP contribution in [0.5, 0.6) is 5.75 Å². The number of halogens is 2. The number of pyridine rings is 1. The number of hydrogen-bond acceptors (Lipinski definition) is 4.